The van der Waals surface area contributed by atoms with E-state index < -0.39 is 0 Å². The SMILES string of the molecule is CC(C)NCCO[C@H](c1ccccc1)[C@@H](c1ccccc1)N(C)C. The summed E-state index contributed by atoms with van der Waals surface area (Å²) in [6.45, 7) is 5.85. The second kappa shape index (κ2) is 9.58. The maximum atomic E-state index is 6.35. The van der Waals surface area contributed by atoms with Crippen LogP contribution in [-0.4, -0.2) is 38.2 Å². The topological polar surface area (TPSA) is 24.5 Å². The van der Waals surface area contributed by atoms with Gasteiger partial charge in [0.05, 0.1) is 12.6 Å². The molecule has 2 atom stereocenters. The van der Waals surface area contributed by atoms with Gasteiger partial charge in [-0.2, -0.15) is 0 Å². The van der Waals surface area contributed by atoms with Crippen LogP contribution in [0.1, 0.15) is 37.1 Å². The largest absolute Gasteiger partial charge is 0.370 e. The highest BCUT2D eigenvalue weighted by Gasteiger charge is 2.27. The van der Waals surface area contributed by atoms with Crippen LogP contribution in [0.4, 0.5) is 0 Å². The van der Waals surface area contributed by atoms with Gasteiger partial charge in [0, 0.05) is 12.6 Å². The Balaban J connectivity index is 2.22. The molecule has 0 saturated carbocycles. The summed E-state index contributed by atoms with van der Waals surface area (Å²) in [6, 6.07) is 21.8. The van der Waals surface area contributed by atoms with E-state index in [0.717, 1.165) is 6.54 Å². The van der Waals surface area contributed by atoms with Crippen molar-refractivity contribution in [2.24, 2.45) is 0 Å². The molecule has 0 aromatic heterocycles. The predicted molar refractivity (Wildman–Crippen MR) is 101 cm³/mol. The quantitative estimate of drug-likeness (QED) is 0.704. The zero-order chi connectivity index (χ0) is 17.4. The Kier molecular flexibility index (Phi) is 7.44. The van der Waals surface area contributed by atoms with Gasteiger partial charge in [0.2, 0.25) is 0 Å². The van der Waals surface area contributed by atoms with Crippen molar-refractivity contribution >= 4 is 0 Å². The lowest BCUT2D eigenvalue weighted by Crippen LogP contribution is -2.31. The molecule has 0 aliphatic rings. The maximum absolute atomic E-state index is 6.35. The monoisotopic (exact) mass is 326 g/mol. The molecule has 3 heteroatoms. The molecule has 24 heavy (non-hydrogen) atoms. The second-order valence-electron chi connectivity index (χ2n) is 6.63. The van der Waals surface area contributed by atoms with Gasteiger partial charge < -0.3 is 10.1 Å². The van der Waals surface area contributed by atoms with E-state index >= 15 is 0 Å². The molecule has 130 valence electrons. The minimum atomic E-state index is -0.00226. The summed E-state index contributed by atoms with van der Waals surface area (Å²) in [4.78, 5) is 2.24. The Morgan fingerprint density at radius 3 is 1.92 bits per heavy atom. The van der Waals surface area contributed by atoms with Crippen molar-refractivity contribution in [2.75, 3.05) is 27.2 Å². The van der Waals surface area contributed by atoms with E-state index in [9.17, 15) is 0 Å². The smallest absolute Gasteiger partial charge is 0.102 e. The van der Waals surface area contributed by atoms with Gasteiger partial charge in [-0.05, 0) is 25.2 Å². The van der Waals surface area contributed by atoms with Crippen LogP contribution in [0, 0.1) is 0 Å². The first-order valence-corrected chi connectivity index (χ1v) is 8.71. The minimum Gasteiger partial charge on any atom is -0.370 e. The van der Waals surface area contributed by atoms with Crippen molar-refractivity contribution in [1.82, 2.24) is 10.2 Å². The lowest BCUT2D eigenvalue weighted by atomic mass is 9.94. The average Bonchev–Trinajstić information content (AvgIpc) is 2.58. The molecule has 0 heterocycles. The summed E-state index contributed by atoms with van der Waals surface area (Å²) in [7, 11) is 4.23. The highest BCUT2D eigenvalue weighted by Crippen LogP contribution is 2.35. The Labute approximate surface area is 146 Å². The standard InChI is InChI=1S/C21H30N2O/c1-17(2)22-15-16-24-21(19-13-9-6-10-14-19)20(23(3)4)18-11-7-5-8-12-18/h5-14,17,20-22H,15-16H2,1-4H3/t20-,21-/m1/s1. The third-order valence-electron chi connectivity index (χ3n) is 4.06. The summed E-state index contributed by atoms with van der Waals surface area (Å²) in [5.74, 6) is 0. The van der Waals surface area contributed by atoms with E-state index in [4.69, 9.17) is 4.74 Å². The van der Waals surface area contributed by atoms with Gasteiger partial charge in [0.15, 0.2) is 0 Å². The van der Waals surface area contributed by atoms with Crippen molar-refractivity contribution < 1.29 is 4.74 Å². The van der Waals surface area contributed by atoms with E-state index in [2.05, 4.69) is 92.8 Å². The summed E-state index contributed by atoms with van der Waals surface area (Å²) in [5, 5.41) is 3.42. The van der Waals surface area contributed by atoms with Gasteiger partial charge in [-0.25, -0.2) is 0 Å². The fourth-order valence-corrected chi connectivity index (χ4v) is 2.94. The Hall–Kier alpha value is -1.68. The molecule has 3 nitrogen and oxygen atoms in total. The van der Waals surface area contributed by atoms with Crippen LogP contribution in [0.15, 0.2) is 60.7 Å². The minimum absolute atomic E-state index is 0.00226. The van der Waals surface area contributed by atoms with Crippen LogP contribution >= 0.6 is 0 Å². The Morgan fingerprint density at radius 2 is 1.42 bits per heavy atom. The fraction of sp³-hybridized carbons (Fsp3) is 0.429. The van der Waals surface area contributed by atoms with Crippen LogP contribution in [0.3, 0.4) is 0 Å². The summed E-state index contributed by atoms with van der Waals surface area (Å²) < 4.78 is 6.35. The van der Waals surface area contributed by atoms with Gasteiger partial charge in [-0.15, -0.1) is 0 Å². The first kappa shape index (κ1) is 18.7. The van der Waals surface area contributed by atoms with Crippen molar-refractivity contribution in [3.63, 3.8) is 0 Å². The highest BCUT2D eigenvalue weighted by molar-refractivity contribution is 5.26. The van der Waals surface area contributed by atoms with E-state index in [1.54, 1.807) is 0 Å². The lowest BCUT2D eigenvalue weighted by Gasteiger charge is -2.33. The third-order valence-corrected chi connectivity index (χ3v) is 4.06. The van der Waals surface area contributed by atoms with Gasteiger partial charge in [0.1, 0.15) is 6.10 Å². The molecule has 2 rings (SSSR count). The predicted octanol–water partition coefficient (Wildman–Crippen LogP) is 4.05. The van der Waals surface area contributed by atoms with E-state index in [-0.39, 0.29) is 12.1 Å². The summed E-state index contributed by atoms with van der Waals surface area (Å²) in [5.41, 5.74) is 2.48. The van der Waals surface area contributed by atoms with Gasteiger partial charge in [-0.3, -0.25) is 4.90 Å². The summed E-state index contributed by atoms with van der Waals surface area (Å²) >= 11 is 0. The molecule has 0 fully saturated rings. The number of nitrogens with zero attached hydrogens (tertiary/aromatic N) is 1. The molecule has 0 spiro atoms. The van der Waals surface area contributed by atoms with Crippen molar-refractivity contribution in [1.29, 1.82) is 0 Å². The second-order valence-corrected chi connectivity index (χ2v) is 6.63. The zero-order valence-corrected chi connectivity index (χ0v) is 15.3. The molecule has 0 amide bonds. The van der Waals surface area contributed by atoms with Gasteiger partial charge >= 0.3 is 0 Å². The average molecular weight is 326 g/mol. The van der Waals surface area contributed by atoms with E-state index in [1.165, 1.54) is 11.1 Å². The number of benzene rings is 2. The zero-order valence-electron chi connectivity index (χ0n) is 15.3. The van der Waals surface area contributed by atoms with Crippen LogP contribution in [0.25, 0.3) is 0 Å². The fourth-order valence-electron chi connectivity index (χ4n) is 2.94. The van der Waals surface area contributed by atoms with Gasteiger partial charge in [0.25, 0.3) is 0 Å². The molecule has 0 radical (unpaired) electrons. The molecule has 0 saturated heterocycles. The molecule has 1 N–H and O–H groups in total. The van der Waals surface area contributed by atoms with E-state index in [0.29, 0.717) is 12.6 Å². The van der Waals surface area contributed by atoms with Crippen molar-refractivity contribution in [2.45, 2.75) is 32.0 Å². The third kappa shape index (κ3) is 5.45. The van der Waals surface area contributed by atoms with Crippen LogP contribution < -0.4 is 5.32 Å². The summed E-state index contributed by atoms with van der Waals surface area (Å²) in [6.07, 6.45) is -0.00226. The van der Waals surface area contributed by atoms with Crippen molar-refractivity contribution in [3.8, 4) is 0 Å². The van der Waals surface area contributed by atoms with Crippen molar-refractivity contribution in [3.05, 3.63) is 71.8 Å². The number of rotatable bonds is 9. The maximum Gasteiger partial charge on any atom is 0.102 e. The first-order chi connectivity index (χ1) is 11.6. The lowest BCUT2D eigenvalue weighted by molar-refractivity contribution is -0.00322. The van der Waals surface area contributed by atoms with Crippen LogP contribution in [0.5, 0.6) is 0 Å². The molecule has 0 bridgehead atoms. The Morgan fingerprint density at radius 1 is 0.875 bits per heavy atom. The number of ether oxygens (including phenoxy) is 1. The molecule has 2 aromatic carbocycles. The molecule has 0 unspecified atom stereocenters. The number of nitrogens with one attached hydrogen (secondary N) is 1. The molecule has 0 aliphatic carbocycles. The van der Waals surface area contributed by atoms with Crippen LogP contribution in [-0.2, 0) is 4.74 Å². The number of hydrogen-bond donors (Lipinski definition) is 1. The first-order valence-electron chi connectivity index (χ1n) is 8.71. The molecule has 0 aliphatic heterocycles. The highest BCUT2D eigenvalue weighted by atomic mass is 16.5. The number of hydrogen-bond acceptors (Lipinski definition) is 3. The van der Waals surface area contributed by atoms with Gasteiger partial charge in [-0.1, -0.05) is 74.5 Å². The normalized spacial score (nSPS) is 14.1. The number of likely N-dealkylation sites (N-methyl/N-ethyl adjacent to an activating group) is 1. The molecule has 2 aromatic rings. The Bertz CT molecular complexity index is 569. The van der Waals surface area contributed by atoms with Crippen LogP contribution in [0.2, 0.25) is 0 Å². The van der Waals surface area contributed by atoms with E-state index in [1.807, 2.05) is 6.07 Å². The molecular formula is C21H30N2O. The molecular weight excluding hydrogens is 296 g/mol.